The number of benzene rings is 6. The molecule has 6 aromatic rings. The maximum Gasteiger partial charge on any atom is 0.0640 e. The highest BCUT2D eigenvalue weighted by atomic mass is 14.7. The molecule has 0 saturated heterocycles. The van der Waals surface area contributed by atoms with Crippen LogP contribution in [0, 0.1) is 0 Å². The van der Waals surface area contributed by atoms with Crippen molar-refractivity contribution in [1.29, 1.82) is 0 Å². The molecule has 2 nitrogen and oxygen atoms in total. The van der Waals surface area contributed by atoms with Gasteiger partial charge in [-0.25, -0.2) is 0 Å². The van der Waals surface area contributed by atoms with E-state index >= 15 is 0 Å². The molecule has 0 aromatic heterocycles. The van der Waals surface area contributed by atoms with Crippen LogP contribution in [0.2, 0.25) is 0 Å². The molecule has 10 rings (SSSR count). The summed E-state index contributed by atoms with van der Waals surface area (Å²) in [5.41, 5.74) is 14.1. The molecule has 0 saturated carbocycles. The Labute approximate surface area is 247 Å². The van der Waals surface area contributed by atoms with Crippen LogP contribution in [0.25, 0.3) is 44.5 Å². The van der Waals surface area contributed by atoms with Gasteiger partial charge in [-0.15, -0.1) is 0 Å². The normalized spacial score (nSPS) is 12.4. The lowest BCUT2D eigenvalue weighted by Gasteiger charge is -2.08. The summed E-state index contributed by atoms with van der Waals surface area (Å²) < 4.78 is 0. The van der Waals surface area contributed by atoms with Crippen LogP contribution < -0.4 is 0 Å². The van der Waals surface area contributed by atoms with E-state index in [0.29, 0.717) is 13.1 Å². The summed E-state index contributed by atoms with van der Waals surface area (Å²) >= 11 is 0. The second-order valence-electron chi connectivity index (χ2n) is 10.7. The molecular formula is C40H30N2. The minimum atomic E-state index is 0.638. The number of aliphatic imine (C=N–C) groups is 2. The van der Waals surface area contributed by atoms with Crippen LogP contribution in [0.5, 0.6) is 0 Å². The van der Waals surface area contributed by atoms with E-state index in [0.717, 1.165) is 11.1 Å². The predicted octanol–water partition coefficient (Wildman–Crippen LogP) is 9.91. The Morgan fingerprint density at radius 1 is 0.310 bits per heavy atom. The topological polar surface area (TPSA) is 24.7 Å². The lowest BCUT2D eigenvalue weighted by molar-refractivity contribution is 1.08. The zero-order valence-corrected chi connectivity index (χ0v) is 23.3. The fraction of sp³-hybridized carbons (Fsp3) is 0.0500. The van der Waals surface area contributed by atoms with Crippen LogP contribution in [0.3, 0.4) is 0 Å². The quantitative estimate of drug-likeness (QED) is 0.184. The van der Waals surface area contributed by atoms with Gasteiger partial charge in [-0.1, -0.05) is 121 Å². The molecule has 0 amide bonds. The third-order valence-electron chi connectivity index (χ3n) is 7.76. The van der Waals surface area contributed by atoms with Gasteiger partial charge < -0.3 is 0 Å². The summed E-state index contributed by atoms with van der Waals surface area (Å²) in [4.78, 5) is 9.57. The van der Waals surface area contributed by atoms with Crippen molar-refractivity contribution in [2.75, 3.05) is 0 Å². The molecule has 0 N–H and O–H groups in total. The molecule has 42 heavy (non-hydrogen) atoms. The van der Waals surface area contributed by atoms with Crippen molar-refractivity contribution in [3.8, 4) is 44.5 Å². The van der Waals surface area contributed by atoms with Crippen LogP contribution in [0.4, 0.5) is 0 Å². The first-order valence-electron chi connectivity index (χ1n) is 14.4. The summed E-state index contributed by atoms with van der Waals surface area (Å²) in [7, 11) is 0. The van der Waals surface area contributed by atoms with Crippen molar-refractivity contribution in [2.45, 2.75) is 13.1 Å². The fourth-order valence-electron chi connectivity index (χ4n) is 5.52. The zero-order valence-electron chi connectivity index (χ0n) is 23.3. The van der Waals surface area contributed by atoms with Gasteiger partial charge in [0.25, 0.3) is 0 Å². The highest BCUT2D eigenvalue weighted by molar-refractivity contribution is 5.84. The molecule has 0 radical (unpaired) electrons. The first-order chi connectivity index (χ1) is 20.8. The van der Waals surface area contributed by atoms with Gasteiger partial charge in [0, 0.05) is 12.4 Å². The molecule has 12 bridgehead atoms. The number of hydrogen-bond donors (Lipinski definition) is 0. The summed E-state index contributed by atoms with van der Waals surface area (Å²) in [6, 6.07) is 52.1. The maximum absolute atomic E-state index is 4.78. The van der Waals surface area contributed by atoms with Crippen LogP contribution in [0.15, 0.2) is 156 Å². The molecule has 2 heteroatoms. The van der Waals surface area contributed by atoms with Crippen LogP contribution in [-0.4, -0.2) is 12.4 Å². The van der Waals surface area contributed by atoms with Crippen LogP contribution >= 0.6 is 0 Å². The van der Waals surface area contributed by atoms with Gasteiger partial charge in [-0.05, 0) is 91.0 Å². The largest absolute Gasteiger partial charge is 0.288 e. The Kier molecular flexibility index (Phi) is 7.10. The molecule has 0 aliphatic carbocycles. The Morgan fingerprint density at radius 3 is 1.02 bits per heavy atom. The molecule has 6 aromatic carbocycles. The third kappa shape index (κ3) is 5.75. The van der Waals surface area contributed by atoms with Crippen molar-refractivity contribution in [3.05, 3.63) is 168 Å². The van der Waals surface area contributed by atoms with Gasteiger partial charge in [-0.3, -0.25) is 9.98 Å². The molecule has 0 spiro atoms. The summed E-state index contributed by atoms with van der Waals surface area (Å²) in [6.45, 7) is 1.28. The zero-order chi connectivity index (χ0) is 28.1. The highest BCUT2D eigenvalue weighted by Crippen LogP contribution is 2.28. The van der Waals surface area contributed by atoms with Crippen LogP contribution in [-0.2, 0) is 13.1 Å². The summed E-state index contributed by atoms with van der Waals surface area (Å²) in [5.74, 6) is 0. The molecule has 4 aliphatic heterocycles. The maximum atomic E-state index is 4.78. The summed E-state index contributed by atoms with van der Waals surface area (Å²) in [5, 5.41) is 0. The third-order valence-corrected chi connectivity index (χ3v) is 7.76. The highest BCUT2D eigenvalue weighted by Gasteiger charge is 2.05. The molecule has 0 fully saturated rings. The van der Waals surface area contributed by atoms with E-state index in [2.05, 4.69) is 146 Å². The SMILES string of the molecule is C1=NCc2cccc(c2)-c2ccc(cc2)-c2cccc(c2)CN=Cc2cccc(c2)-c2ccc(cc2)-c2cccc1c2. The lowest BCUT2D eigenvalue weighted by atomic mass is 9.98. The van der Waals surface area contributed by atoms with E-state index in [-0.39, 0.29) is 0 Å². The first kappa shape index (κ1) is 25.6. The molecular weight excluding hydrogens is 508 g/mol. The second kappa shape index (κ2) is 11.6. The summed E-state index contributed by atoms with van der Waals surface area (Å²) in [6.07, 6.45) is 3.95. The van der Waals surface area contributed by atoms with E-state index < -0.39 is 0 Å². The van der Waals surface area contributed by atoms with Crippen LogP contribution in [0.1, 0.15) is 22.3 Å². The van der Waals surface area contributed by atoms with Gasteiger partial charge in [0.2, 0.25) is 0 Å². The van der Waals surface area contributed by atoms with Crippen molar-refractivity contribution >= 4 is 12.4 Å². The minimum Gasteiger partial charge on any atom is -0.288 e. The Morgan fingerprint density at radius 2 is 0.643 bits per heavy atom. The second-order valence-corrected chi connectivity index (χ2v) is 10.7. The fourth-order valence-corrected chi connectivity index (χ4v) is 5.52. The average molecular weight is 539 g/mol. The number of hydrogen-bond acceptors (Lipinski definition) is 2. The van der Waals surface area contributed by atoms with Crippen molar-refractivity contribution in [1.82, 2.24) is 0 Å². The van der Waals surface area contributed by atoms with Gasteiger partial charge in [0.15, 0.2) is 0 Å². The molecule has 4 aliphatic rings. The van der Waals surface area contributed by atoms with E-state index in [4.69, 9.17) is 9.98 Å². The van der Waals surface area contributed by atoms with E-state index in [1.54, 1.807) is 0 Å². The molecule has 0 unspecified atom stereocenters. The average Bonchev–Trinajstić information content (AvgIpc) is 3.05. The Hall–Kier alpha value is -5.34. The molecule has 4 heterocycles. The number of nitrogens with zero attached hydrogens (tertiary/aromatic N) is 2. The van der Waals surface area contributed by atoms with Crippen molar-refractivity contribution < 1.29 is 0 Å². The van der Waals surface area contributed by atoms with Crippen molar-refractivity contribution in [2.24, 2.45) is 9.98 Å². The Balaban J connectivity index is 1.26. The molecule has 0 atom stereocenters. The lowest BCUT2D eigenvalue weighted by Crippen LogP contribution is -1.89. The van der Waals surface area contributed by atoms with E-state index in [9.17, 15) is 0 Å². The van der Waals surface area contributed by atoms with Crippen molar-refractivity contribution in [3.63, 3.8) is 0 Å². The standard InChI is InChI=1S/C40H30N2/c1-5-29-21-37(9-1)33-13-15-34(16-14-33)38-10-3-7-31(23-38)27-42-28-32-8-4-12-40(24-32)36-19-17-35(18-20-36)39-11-2-6-30(22-39)26-41-25-29/h1-25,27H,26,28H2. The van der Waals surface area contributed by atoms with E-state index in [1.165, 1.54) is 55.6 Å². The van der Waals surface area contributed by atoms with Gasteiger partial charge >= 0.3 is 0 Å². The smallest absolute Gasteiger partial charge is 0.0640 e. The van der Waals surface area contributed by atoms with Gasteiger partial charge in [0.05, 0.1) is 13.1 Å². The monoisotopic (exact) mass is 538 g/mol. The van der Waals surface area contributed by atoms with Gasteiger partial charge in [-0.2, -0.15) is 0 Å². The van der Waals surface area contributed by atoms with E-state index in [1.807, 2.05) is 12.4 Å². The Bertz CT molecular complexity index is 1770. The first-order valence-corrected chi connectivity index (χ1v) is 14.4. The molecule has 200 valence electrons. The number of rotatable bonds is 0. The van der Waals surface area contributed by atoms with Gasteiger partial charge in [0.1, 0.15) is 0 Å². The minimum absolute atomic E-state index is 0.638. The predicted molar refractivity (Wildman–Crippen MR) is 177 cm³/mol.